The number of allylic oxidation sites excluding steroid dienone is 1. The maximum Gasteiger partial charge on any atom is 0.220 e. The highest BCUT2D eigenvalue weighted by Gasteiger charge is 2.06. The predicted octanol–water partition coefficient (Wildman–Crippen LogP) is 2.64. The lowest BCUT2D eigenvalue weighted by molar-refractivity contribution is -0.120. The highest BCUT2D eigenvalue weighted by Crippen LogP contribution is 2.17. The molecule has 4 heteroatoms. The van der Waals surface area contributed by atoms with Gasteiger partial charge in [-0.3, -0.25) is 4.79 Å². The number of hydrogen-bond acceptors (Lipinski definition) is 3. The van der Waals surface area contributed by atoms with Crippen molar-refractivity contribution in [2.75, 3.05) is 6.54 Å². The van der Waals surface area contributed by atoms with E-state index in [1.165, 1.54) is 10.6 Å². The van der Waals surface area contributed by atoms with Crippen LogP contribution in [0.3, 0.4) is 0 Å². The summed E-state index contributed by atoms with van der Waals surface area (Å²) in [6, 6.07) is 0. The highest BCUT2D eigenvalue weighted by atomic mass is 32.1. The lowest BCUT2D eigenvalue weighted by Crippen LogP contribution is -2.25. The zero-order valence-electron chi connectivity index (χ0n) is 10.6. The fourth-order valence-electron chi connectivity index (χ4n) is 1.55. The first-order valence-electron chi connectivity index (χ1n) is 6.00. The number of aromatic nitrogens is 1. The molecule has 0 fully saturated rings. The SMILES string of the molecule is C=CCCC(=O)NCCc1nc(CC)c(C)s1. The van der Waals surface area contributed by atoms with Crippen LogP contribution in [0.2, 0.25) is 0 Å². The van der Waals surface area contributed by atoms with Crippen molar-refractivity contribution in [2.45, 2.75) is 39.5 Å². The zero-order valence-corrected chi connectivity index (χ0v) is 11.4. The molecule has 1 aromatic rings. The van der Waals surface area contributed by atoms with Crippen molar-refractivity contribution in [3.05, 3.63) is 28.2 Å². The summed E-state index contributed by atoms with van der Waals surface area (Å²) in [5, 5.41) is 4.01. The molecule has 94 valence electrons. The molecular formula is C13H20N2OS. The maximum absolute atomic E-state index is 11.3. The van der Waals surface area contributed by atoms with Gasteiger partial charge in [0.2, 0.25) is 5.91 Å². The Balaban J connectivity index is 2.30. The number of carbonyl (C=O) groups is 1. The second-order valence-electron chi connectivity index (χ2n) is 3.89. The van der Waals surface area contributed by atoms with Crippen LogP contribution < -0.4 is 5.32 Å². The second kappa shape index (κ2) is 7.22. The number of thiazole rings is 1. The molecule has 3 nitrogen and oxygen atoms in total. The van der Waals surface area contributed by atoms with Gasteiger partial charge in [0.15, 0.2) is 0 Å². The molecule has 1 aromatic heterocycles. The van der Waals surface area contributed by atoms with Gasteiger partial charge >= 0.3 is 0 Å². The van der Waals surface area contributed by atoms with E-state index < -0.39 is 0 Å². The molecule has 1 rings (SSSR count). The van der Waals surface area contributed by atoms with Gasteiger partial charge in [0, 0.05) is 24.3 Å². The van der Waals surface area contributed by atoms with Gasteiger partial charge in [-0.15, -0.1) is 17.9 Å². The minimum Gasteiger partial charge on any atom is -0.356 e. The Morgan fingerprint density at radius 2 is 2.35 bits per heavy atom. The van der Waals surface area contributed by atoms with Crippen LogP contribution in [0.4, 0.5) is 0 Å². The molecular weight excluding hydrogens is 232 g/mol. The van der Waals surface area contributed by atoms with E-state index in [4.69, 9.17) is 0 Å². The van der Waals surface area contributed by atoms with E-state index in [1.807, 2.05) is 0 Å². The Hall–Kier alpha value is -1.16. The standard InChI is InChI=1S/C13H20N2OS/c1-4-6-7-12(16)14-9-8-13-15-11(5-2)10(3)17-13/h4H,1,5-9H2,2-3H3,(H,14,16). The van der Waals surface area contributed by atoms with Crippen molar-refractivity contribution in [2.24, 2.45) is 0 Å². The van der Waals surface area contributed by atoms with Crippen LogP contribution in [0.15, 0.2) is 12.7 Å². The van der Waals surface area contributed by atoms with Crippen LogP contribution in [0.1, 0.15) is 35.3 Å². The molecule has 1 N–H and O–H groups in total. The van der Waals surface area contributed by atoms with Crippen molar-refractivity contribution in [3.63, 3.8) is 0 Å². The van der Waals surface area contributed by atoms with Gasteiger partial charge in [0.05, 0.1) is 10.7 Å². The molecule has 0 atom stereocenters. The molecule has 0 unspecified atom stereocenters. The van der Waals surface area contributed by atoms with E-state index in [0.717, 1.165) is 24.3 Å². The van der Waals surface area contributed by atoms with E-state index in [0.29, 0.717) is 13.0 Å². The summed E-state index contributed by atoms with van der Waals surface area (Å²) in [6.07, 6.45) is 4.83. The maximum atomic E-state index is 11.3. The van der Waals surface area contributed by atoms with Crippen LogP contribution in [0.5, 0.6) is 0 Å². The van der Waals surface area contributed by atoms with Crippen molar-refractivity contribution in [1.82, 2.24) is 10.3 Å². The summed E-state index contributed by atoms with van der Waals surface area (Å²) < 4.78 is 0. The zero-order chi connectivity index (χ0) is 12.7. The van der Waals surface area contributed by atoms with Crippen molar-refractivity contribution in [3.8, 4) is 0 Å². The summed E-state index contributed by atoms with van der Waals surface area (Å²) in [4.78, 5) is 17.2. The Kier molecular flexibility index (Phi) is 5.91. The number of rotatable bonds is 7. The number of aryl methyl sites for hydroxylation is 2. The average Bonchev–Trinajstić information content (AvgIpc) is 2.67. The summed E-state index contributed by atoms with van der Waals surface area (Å²) in [5.74, 6) is 0.0916. The first-order valence-corrected chi connectivity index (χ1v) is 6.81. The molecule has 0 aromatic carbocycles. The quantitative estimate of drug-likeness (QED) is 0.758. The Morgan fingerprint density at radius 1 is 1.59 bits per heavy atom. The molecule has 0 spiro atoms. The second-order valence-corrected chi connectivity index (χ2v) is 5.18. The summed E-state index contributed by atoms with van der Waals surface area (Å²) in [5.41, 5.74) is 1.18. The lowest BCUT2D eigenvalue weighted by Gasteiger charge is -2.01. The number of amides is 1. The van der Waals surface area contributed by atoms with Crippen molar-refractivity contribution < 1.29 is 4.79 Å². The Labute approximate surface area is 107 Å². The van der Waals surface area contributed by atoms with Crippen LogP contribution >= 0.6 is 11.3 Å². The van der Waals surface area contributed by atoms with E-state index in [-0.39, 0.29) is 5.91 Å². The molecule has 0 saturated heterocycles. The summed E-state index contributed by atoms with van der Waals surface area (Å²) in [6.45, 7) is 8.48. The topological polar surface area (TPSA) is 42.0 Å². The molecule has 1 amide bonds. The van der Waals surface area contributed by atoms with E-state index in [1.54, 1.807) is 17.4 Å². The van der Waals surface area contributed by atoms with Gasteiger partial charge in [-0.25, -0.2) is 4.98 Å². The fourth-order valence-corrected chi connectivity index (χ4v) is 2.57. The minimum absolute atomic E-state index is 0.0916. The molecule has 0 aliphatic rings. The molecule has 0 aliphatic heterocycles. The number of nitrogens with one attached hydrogen (secondary N) is 1. The highest BCUT2D eigenvalue weighted by molar-refractivity contribution is 7.11. The first-order chi connectivity index (χ1) is 8.17. The molecule has 1 heterocycles. The van der Waals surface area contributed by atoms with Gasteiger partial charge in [0.1, 0.15) is 0 Å². The van der Waals surface area contributed by atoms with Gasteiger partial charge in [-0.05, 0) is 19.8 Å². The van der Waals surface area contributed by atoms with Gasteiger partial charge in [-0.1, -0.05) is 13.0 Å². The first kappa shape index (κ1) is 13.9. The van der Waals surface area contributed by atoms with Crippen molar-refractivity contribution >= 4 is 17.2 Å². The number of nitrogens with zero attached hydrogens (tertiary/aromatic N) is 1. The average molecular weight is 252 g/mol. The van der Waals surface area contributed by atoms with Crippen LogP contribution in [-0.4, -0.2) is 17.4 Å². The van der Waals surface area contributed by atoms with Crippen molar-refractivity contribution in [1.29, 1.82) is 0 Å². The molecule has 0 radical (unpaired) electrons. The van der Waals surface area contributed by atoms with Crippen LogP contribution in [-0.2, 0) is 17.6 Å². The molecule has 0 saturated carbocycles. The van der Waals surface area contributed by atoms with Gasteiger partial charge in [-0.2, -0.15) is 0 Å². The Morgan fingerprint density at radius 3 is 2.94 bits per heavy atom. The van der Waals surface area contributed by atoms with Crippen LogP contribution in [0, 0.1) is 6.92 Å². The van der Waals surface area contributed by atoms with E-state index in [9.17, 15) is 4.79 Å². The predicted molar refractivity (Wildman–Crippen MR) is 72.4 cm³/mol. The lowest BCUT2D eigenvalue weighted by atomic mass is 10.3. The van der Waals surface area contributed by atoms with E-state index in [2.05, 4.69) is 30.7 Å². The molecule has 0 aliphatic carbocycles. The third-order valence-electron chi connectivity index (χ3n) is 2.51. The molecule has 17 heavy (non-hydrogen) atoms. The smallest absolute Gasteiger partial charge is 0.220 e. The van der Waals surface area contributed by atoms with Crippen LogP contribution in [0.25, 0.3) is 0 Å². The third kappa shape index (κ3) is 4.69. The number of hydrogen-bond donors (Lipinski definition) is 1. The number of carbonyl (C=O) groups excluding carboxylic acids is 1. The Bertz CT molecular complexity index is 385. The monoisotopic (exact) mass is 252 g/mol. The normalized spacial score (nSPS) is 10.2. The molecule has 0 bridgehead atoms. The summed E-state index contributed by atoms with van der Waals surface area (Å²) >= 11 is 1.73. The summed E-state index contributed by atoms with van der Waals surface area (Å²) in [7, 11) is 0. The largest absolute Gasteiger partial charge is 0.356 e. The van der Waals surface area contributed by atoms with Gasteiger partial charge < -0.3 is 5.32 Å². The van der Waals surface area contributed by atoms with Gasteiger partial charge in [0.25, 0.3) is 0 Å². The minimum atomic E-state index is 0.0916. The fraction of sp³-hybridized carbons (Fsp3) is 0.538. The third-order valence-corrected chi connectivity index (χ3v) is 3.58. The van der Waals surface area contributed by atoms with E-state index >= 15 is 0 Å².